The average molecular weight is 335 g/mol. The van der Waals surface area contributed by atoms with E-state index >= 15 is 4.39 Å². The van der Waals surface area contributed by atoms with Gasteiger partial charge in [0.2, 0.25) is 0 Å². The molecular weight excluding hydrogens is 316 g/mol. The number of benzene rings is 2. The van der Waals surface area contributed by atoms with E-state index in [-0.39, 0.29) is 12.0 Å². The molecule has 0 aliphatic heterocycles. The Morgan fingerprint density at radius 2 is 1.96 bits per heavy atom. The Labute approximate surface area is 146 Å². The summed E-state index contributed by atoms with van der Waals surface area (Å²) in [4.78, 5) is 0. The standard InChI is InChI=1S/C22H19F2N/c1-2-6-16-7-5-8-18(11-16)20-9-3-4-10-21(20)22(24)13-17(15-25)12-19(23)14-22/h3-5,7-13H,2,6,14H2,1H3. The summed E-state index contributed by atoms with van der Waals surface area (Å²) in [5.41, 5.74) is 1.19. The van der Waals surface area contributed by atoms with Crippen molar-refractivity contribution < 1.29 is 8.78 Å². The summed E-state index contributed by atoms with van der Waals surface area (Å²) in [5.74, 6) is -0.615. The Bertz CT molecular complexity index is 889. The molecule has 0 saturated heterocycles. The van der Waals surface area contributed by atoms with E-state index in [1.165, 1.54) is 11.6 Å². The molecule has 25 heavy (non-hydrogen) atoms. The number of halogens is 2. The Hall–Kier alpha value is -2.73. The van der Waals surface area contributed by atoms with Crippen molar-refractivity contribution in [3.05, 3.63) is 83.2 Å². The van der Waals surface area contributed by atoms with Crippen LogP contribution in [0.1, 0.15) is 30.9 Å². The van der Waals surface area contributed by atoms with Crippen LogP contribution in [0.4, 0.5) is 8.78 Å². The molecule has 2 aromatic rings. The number of allylic oxidation sites excluding steroid dienone is 4. The minimum atomic E-state index is -2.03. The second-order valence-corrected chi connectivity index (χ2v) is 6.34. The molecule has 126 valence electrons. The van der Waals surface area contributed by atoms with E-state index in [2.05, 4.69) is 19.1 Å². The molecule has 0 N–H and O–H groups in total. The van der Waals surface area contributed by atoms with Crippen LogP contribution in [0.15, 0.2) is 72.1 Å². The summed E-state index contributed by atoms with van der Waals surface area (Å²) in [5, 5.41) is 9.07. The van der Waals surface area contributed by atoms with Crippen molar-refractivity contribution in [3.8, 4) is 17.2 Å². The molecule has 0 aromatic heterocycles. The summed E-state index contributed by atoms with van der Waals surface area (Å²) in [6, 6.07) is 17.0. The number of hydrogen-bond donors (Lipinski definition) is 0. The van der Waals surface area contributed by atoms with Crippen LogP contribution in [-0.2, 0) is 12.1 Å². The zero-order valence-corrected chi connectivity index (χ0v) is 14.1. The summed E-state index contributed by atoms with van der Waals surface area (Å²) < 4.78 is 29.6. The predicted octanol–water partition coefficient (Wildman–Crippen LogP) is 6.18. The molecule has 1 unspecified atom stereocenters. The summed E-state index contributed by atoms with van der Waals surface area (Å²) in [6.45, 7) is 2.11. The van der Waals surface area contributed by atoms with Gasteiger partial charge in [0.1, 0.15) is 5.83 Å². The summed E-state index contributed by atoms with van der Waals surface area (Å²) in [7, 11) is 0. The zero-order chi connectivity index (χ0) is 17.9. The van der Waals surface area contributed by atoms with Gasteiger partial charge in [-0.25, -0.2) is 8.78 Å². The molecule has 1 nitrogen and oxygen atoms in total. The highest BCUT2D eigenvalue weighted by atomic mass is 19.1. The first-order valence-corrected chi connectivity index (χ1v) is 8.42. The van der Waals surface area contributed by atoms with Gasteiger partial charge in [0.15, 0.2) is 5.67 Å². The molecule has 0 radical (unpaired) electrons. The first-order valence-electron chi connectivity index (χ1n) is 8.42. The lowest BCUT2D eigenvalue weighted by atomic mass is 9.82. The third-order valence-electron chi connectivity index (χ3n) is 4.40. The zero-order valence-electron chi connectivity index (χ0n) is 14.1. The Morgan fingerprint density at radius 1 is 1.16 bits per heavy atom. The topological polar surface area (TPSA) is 23.8 Å². The van der Waals surface area contributed by atoms with Gasteiger partial charge in [0.05, 0.1) is 11.6 Å². The first-order chi connectivity index (χ1) is 12.1. The van der Waals surface area contributed by atoms with E-state index in [0.29, 0.717) is 5.56 Å². The Balaban J connectivity index is 2.11. The molecule has 3 rings (SSSR count). The van der Waals surface area contributed by atoms with E-state index in [4.69, 9.17) is 5.26 Å². The fourth-order valence-corrected chi connectivity index (χ4v) is 3.32. The molecule has 1 atom stereocenters. The monoisotopic (exact) mass is 335 g/mol. The third-order valence-corrected chi connectivity index (χ3v) is 4.40. The Morgan fingerprint density at radius 3 is 2.72 bits per heavy atom. The van der Waals surface area contributed by atoms with Crippen LogP contribution in [0.2, 0.25) is 0 Å². The maximum Gasteiger partial charge on any atom is 0.162 e. The lowest BCUT2D eigenvalue weighted by molar-refractivity contribution is 0.216. The maximum atomic E-state index is 15.7. The quantitative estimate of drug-likeness (QED) is 0.654. The van der Waals surface area contributed by atoms with Crippen molar-refractivity contribution in [1.82, 2.24) is 0 Å². The normalized spacial score (nSPS) is 19.8. The van der Waals surface area contributed by atoms with Crippen molar-refractivity contribution in [2.75, 3.05) is 0 Å². The smallest absolute Gasteiger partial charge is 0.162 e. The fraction of sp³-hybridized carbons (Fsp3) is 0.227. The lowest BCUT2D eigenvalue weighted by Gasteiger charge is -2.27. The van der Waals surface area contributed by atoms with E-state index < -0.39 is 11.5 Å². The van der Waals surface area contributed by atoms with Crippen LogP contribution in [0.25, 0.3) is 11.1 Å². The number of alkyl halides is 1. The summed E-state index contributed by atoms with van der Waals surface area (Å²) >= 11 is 0. The molecule has 0 amide bonds. The molecular formula is C22H19F2N. The van der Waals surface area contributed by atoms with Crippen LogP contribution in [0.3, 0.4) is 0 Å². The Kier molecular flexibility index (Phi) is 4.81. The van der Waals surface area contributed by atoms with E-state index in [0.717, 1.165) is 30.0 Å². The summed E-state index contributed by atoms with van der Waals surface area (Å²) in [6.07, 6.45) is 3.92. The van der Waals surface area contributed by atoms with Gasteiger partial charge in [-0.3, -0.25) is 0 Å². The molecule has 0 bridgehead atoms. The number of rotatable bonds is 4. The molecule has 1 aliphatic carbocycles. The van der Waals surface area contributed by atoms with Gasteiger partial charge in [-0.05, 0) is 35.3 Å². The van der Waals surface area contributed by atoms with E-state index in [1.807, 2.05) is 30.3 Å². The second-order valence-electron chi connectivity index (χ2n) is 6.34. The highest BCUT2D eigenvalue weighted by Crippen LogP contribution is 2.43. The molecule has 3 heteroatoms. The van der Waals surface area contributed by atoms with Gasteiger partial charge in [-0.1, -0.05) is 61.9 Å². The van der Waals surface area contributed by atoms with Gasteiger partial charge >= 0.3 is 0 Å². The van der Waals surface area contributed by atoms with Crippen molar-refractivity contribution in [3.63, 3.8) is 0 Å². The molecule has 0 heterocycles. The number of aryl methyl sites for hydroxylation is 1. The van der Waals surface area contributed by atoms with Crippen LogP contribution in [-0.4, -0.2) is 0 Å². The fourth-order valence-electron chi connectivity index (χ4n) is 3.32. The van der Waals surface area contributed by atoms with Crippen molar-refractivity contribution in [2.45, 2.75) is 31.9 Å². The van der Waals surface area contributed by atoms with Gasteiger partial charge < -0.3 is 0 Å². The van der Waals surface area contributed by atoms with Gasteiger partial charge in [-0.2, -0.15) is 5.26 Å². The number of nitrogens with zero attached hydrogens (tertiary/aromatic N) is 1. The van der Waals surface area contributed by atoms with E-state index in [1.54, 1.807) is 12.1 Å². The highest BCUT2D eigenvalue weighted by Gasteiger charge is 2.36. The number of hydrogen-bond acceptors (Lipinski definition) is 1. The first kappa shape index (κ1) is 17.1. The van der Waals surface area contributed by atoms with Crippen LogP contribution < -0.4 is 0 Å². The molecule has 0 fully saturated rings. The van der Waals surface area contributed by atoms with Crippen LogP contribution >= 0.6 is 0 Å². The highest BCUT2D eigenvalue weighted by molar-refractivity contribution is 5.70. The van der Waals surface area contributed by atoms with E-state index in [9.17, 15) is 4.39 Å². The molecule has 0 spiro atoms. The minimum absolute atomic E-state index is 0.0146. The third kappa shape index (κ3) is 3.53. The predicted molar refractivity (Wildman–Crippen MR) is 96.2 cm³/mol. The van der Waals surface area contributed by atoms with Crippen molar-refractivity contribution >= 4 is 0 Å². The van der Waals surface area contributed by atoms with Gasteiger partial charge in [0.25, 0.3) is 0 Å². The molecule has 0 saturated carbocycles. The molecule has 2 aromatic carbocycles. The van der Waals surface area contributed by atoms with Gasteiger partial charge in [-0.15, -0.1) is 0 Å². The van der Waals surface area contributed by atoms with Crippen LogP contribution in [0, 0.1) is 11.3 Å². The SMILES string of the molecule is CCCc1cccc(-c2ccccc2C2(F)C=C(C#N)C=C(F)C2)c1. The van der Waals surface area contributed by atoms with Crippen molar-refractivity contribution in [1.29, 1.82) is 5.26 Å². The van der Waals surface area contributed by atoms with Crippen molar-refractivity contribution in [2.24, 2.45) is 0 Å². The van der Waals surface area contributed by atoms with Crippen LogP contribution in [0.5, 0.6) is 0 Å². The van der Waals surface area contributed by atoms with Gasteiger partial charge in [0, 0.05) is 12.0 Å². The average Bonchev–Trinajstić information content (AvgIpc) is 2.61. The second kappa shape index (κ2) is 7.03. The molecule has 1 aliphatic rings. The maximum absolute atomic E-state index is 15.7. The minimum Gasteiger partial charge on any atom is -0.234 e. The largest absolute Gasteiger partial charge is 0.234 e. The number of nitriles is 1. The lowest BCUT2D eigenvalue weighted by Crippen LogP contribution is -2.21.